The second-order valence-corrected chi connectivity index (χ2v) is 4.71. The van der Waals surface area contributed by atoms with Gasteiger partial charge in [0.2, 0.25) is 0 Å². The molecule has 0 saturated carbocycles. The highest BCUT2D eigenvalue weighted by Crippen LogP contribution is 2.31. The van der Waals surface area contributed by atoms with Crippen LogP contribution in [-0.2, 0) is 24.3 Å². The van der Waals surface area contributed by atoms with Crippen LogP contribution in [0.3, 0.4) is 0 Å². The number of carboxylic acid groups (broad SMARTS) is 1. The SMILES string of the molecule is COc1ccc2c(CC(=O)O)c3n(c2c1)CCNC3. The van der Waals surface area contributed by atoms with Crippen molar-refractivity contribution in [1.29, 1.82) is 0 Å². The summed E-state index contributed by atoms with van der Waals surface area (Å²) in [7, 11) is 1.64. The summed E-state index contributed by atoms with van der Waals surface area (Å²) in [4.78, 5) is 11.1. The highest BCUT2D eigenvalue weighted by atomic mass is 16.5. The third kappa shape index (κ3) is 1.96. The highest BCUT2D eigenvalue weighted by molar-refractivity contribution is 5.90. The smallest absolute Gasteiger partial charge is 0.307 e. The molecule has 5 nitrogen and oxygen atoms in total. The number of carboxylic acids is 1. The average Bonchev–Trinajstić information content (AvgIpc) is 2.73. The molecule has 3 rings (SSSR count). The molecule has 2 N–H and O–H groups in total. The molecule has 1 aliphatic heterocycles. The predicted molar refractivity (Wildman–Crippen MR) is 71.5 cm³/mol. The Balaban J connectivity index is 2.25. The van der Waals surface area contributed by atoms with Gasteiger partial charge in [0, 0.05) is 36.8 Å². The maximum atomic E-state index is 11.1. The third-order valence-electron chi connectivity index (χ3n) is 3.63. The fraction of sp³-hybridized carbons (Fsp3) is 0.357. The number of methoxy groups -OCH3 is 1. The summed E-state index contributed by atoms with van der Waals surface area (Å²) < 4.78 is 7.46. The van der Waals surface area contributed by atoms with E-state index in [1.54, 1.807) is 7.11 Å². The first kappa shape index (κ1) is 12.0. The van der Waals surface area contributed by atoms with Gasteiger partial charge < -0.3 is 19.7 Å². The molecule has 1 aromatic carbocycles. The highest BCUT2D eigenvalue weighted by Gasteiger charge is 2.21. The van der Waals surface area contributed by atoms with E-state index in [0.29, 0.717) is 0 Å². The summed E-state index contributed by atoms with van der Waals surface area (Å²) in [6, 6.07) is 5.82. The van der Waals surface area contributed by atoms with Crippen LogP contribution in [0.25, 0.3) is 10.9 Å². The van der Waals surface area contributed by atoms with Gasteiger partial charge >= 0.3 is 5.97 Å². The third-order valence-corrected chi connectivity index (χ3v) is 3.63. The van der Waals surface area contributed by atoms with Crippen LogP contribution in [0.5, 0.6) is 5.75 Å². The first-order chi connectivity index (χ1) is 9.20. The number of nitrogens with zero attached hydrogens (tertiary/aromatic N) is 1. The van der Waals surface area contributed by atoms with E-state index in [9.17, 15) is 4.79 Å². The van der Waals surface area contributed by atoms with Gasteiger partial charge in [-0.25, -0.2) is 0 Å². The Morgan fingerprint density at radius 3 is 3.11 bits per heavy atom. The van der Waals surface area contributed by atoms with Gasteiger partial charge in [-0.3, -0.25) is 4.79 Å². The van der Waals surface area contributed by atoms with Crippen LogP contribution >= 0.6 is 0 Å². The van der Waals surface area contributed by atoms with Crippen molar-refractivity contribution in [3.63, 3.8) is 0 Å². The number of aliphatic carboxylic acids is 1. The van der Waals surface area contributed by atoms with E-state index in [0.717, 1.165) is 47.5 Å². The largest absolute Gasteiger partial charge is 0.497 e. The number of hydrogen-bond acceptors (Lipinski definition) is 3. The van der Waals surface area contributed by atoms with E-state index >= 15 is 0 Å². The van der Waals surface area contributed by atoms with Crippen molar-refractivity contribution in [2.45, 2.75) is 19.5 Å². The Bertz CT molecular complexity index is 646. The summed E-state index contributed by atoms with van der Waals surface area (Å²) in [5.41, 5.74) is 3.06. The Morgan fingerprint density at radius 1 is 1.53 bits per heavy atom. The van der Waals surface area contributed by atoms with Crippen LogP contribution < -0.4 is 10.1 Å². The minimum Gasteiger partial charge on any atom is -0.497 e. The lowest BCUT2D eigenvalue weighted by Crippen LogP contribution is -2.28. The fourth-order valence-corrected chi connectivity index (χ4v) is 2.78. The first-order valence-electron chi connectivity index (χ1n) is 6.31. The van der Waals surface area contributed by atoms with Crippen LogP contribution in [-0.4, -0.2) is 29.3 Å². The van der Waals surface area contributed by atoms with Crippen molar-refractivity contribution in [3.05, 3.63) is 29.5 Å². The van der Waals surface area contributed by atoms with Gasteiger partial charge in [0.15, 0.2) is 0 Å². The van der Waals surface area contributed by atoms with Crippen LogP contribution in [0.1, 0.15) is 11.3 Å². The zero-order chi connectivity index (χ0) is 13.4. The molecule has 0 fully saturated rings. The molecule has 0 radical (unpaired) electrons. The number of ether oxygens (including phenoxy) is 1. The molecule has 100 valence electrons. The lowest BCUT2D eigenvalue weighted by Gasteiger charge is -2.18. The van der Waals surface area contributed by atoms with Crippen molar-refractivity contribution >= 4 is 16.9 Å². The molecule has 0 atom stereocenters. The quantitative estimate of drug-likeness (QED) is 0.875. The summed E-state index contributed by atoms with van der Waals surface area (Å²) in [6.07, 6.45) is 0.0623. The Labute approximate surface area is 110 Å². The van der Waals surface area contributed by atoms with E-state index in [4.69, 9.17) is 9.84 Å². The molecule has 0 saturated heterocycles. The van der Waals surface area contributed by atoms with E-state index in [2.05, 4.69) is 9.88 Å². The molecule has 1 aromatic heterocycles. The van der Waals surface area contributed by atoms with Crippen molar-refractivity contribution in [2.75, 3.05) is 13.7 Å². The molecule has 19 heavy (non-hydrogen) atoms. The molecule has 1 aliphatic rings. The molecule has 2 aromatic rings. The molecule has 0 unspecified atom stereocenters. The monoisotopic (exact) mass is 260 g/mol. The standard InChI is InChI=1S/C14H16N2O3/c1-19-9-2-3-10-11(7-14(17)18)13-8-15-4-5-16(13)12(10)6-9/h2-3,6,15H,4-5,7-8H2,1H3,(H,17,18). The predicted octanol–water partition coefficient (Wildman–Crippen LogP) is 1.38. The van der Waals surface area contributed by atoms with Crippen LogP contribution in [0, 0.1) is 0 Å². The van der Waals surface area contributed by atoms with Crippen LogP contribution in [0.15, 0.2) is 18.2 Å². The van der Waals surface area contributed by atoms with Crippen molar-refractivity contribution in [1.82, 2.24) is 9.88 Å². The lowest BCUT2D eigenvalue weighted by atomic mass is 10.1. The molecule has 0 bridgehead atoms. The summed E-state index contributed by atoms with van der Waals surface area (Å²) in [5.74, 6) is 0.00454. The van der Waals surface area contributed by atoms with Crippen molar-refractivity contribution in [2.24, 2.45) is 0 Å². The van der Waals surface area contributed by atoms with Crippen molar-refractivity contribution in [3.8, 4) is 5.75 Å². The zero-order valence-electron chi connectivity index (χ0n) is 10.8. The van der Waals surface area contributed by atoms with E-state index in [-0.39, 0.29) is 6.42 Å². The van der Waals surface area contributed by atoms with Crippen molar-refractivity contribution < 1.29 is 14.6 Å². The number of rotatable bonds is 3. The second kappa shape index (κ2) is 4.59. The van der Waals surface area contributed by atoms with Gasteiger partial charge in [0.05, 0.1) is 19.0 Å². The summed E-state index contributed by atoms with van der Waals surface area (Å²) in [5, 5.41) is 13.4. The average molecular weight is 260 g/mol. The minimum atomic E-state index is -0.795. The molecular weight excluding hydrogens is 244 g/mol. The molecule has 0 aliphatic carbocycles. The zero-order valence-corrected chi connectivity index (χ0v) is 10.8. The lowest BCUT2D eigenvalue weighted by molar-refractivity contribution is -0.136. The molecule has 0 spiro atoms. The van der Waals surface area contributed by atoms with Gasteiger partial charge in [-0.2, -0.15) is 0 Å². The number of fused-ring (bicyclic) bond motifs is 3. The van der Waals surface area contributed by atoms with Gasteiger partial charge in [0.1, 0.15) is 5.75 Å². The van der Waals surface area contributed by atoms with Crippen LogP contribution in [0.4, 0.5) is 0 Å². The normalized spacial score (nSPS) is 14.4. The Hall–Kier alpha value is -2.01. The van der Waals surface area contributed by atoms with Gasteiger partial charge in [0.25, 0.3) is 0 Å². The Kier molecular flexibility index (Phi) is 2.91. The number of hydrogen-bond donors (Lipinski definition) is 2. The van der Waals surface area contributed by atoms with Crippen LogP contribution in [0.2, 0.25) is 0 Å². The topological polar surface area (TPSA) is 63.5 Å². The number of benzene rings is 1. The number of carbonyl (C=O) groups is 1. The maximum absolute atomic E-state index is 11.1. The summed E-state index contributed by atoms with van der Waals surface area (Å²) >= 11 is 0. The molecular formula is C14H16N2O3. The molecule has 2 heterocycles. The number of nitrogens with one attached hydrogen (secondary N) is 1. The van der Waals surface area contributed by atoms with Gasteiger partial charge in [-0.1, -0.05) is 0 Å². The van der Waals surface area contributed by atoms with E-state index < -0.39 is 5.97 Å². The maximum Gasteiger partial charge on any atom is 0.307 e. The van der Waals surface area contributed by atoms with Gasteiger partial charge in [-0.05, 0) is 17.7 Å². The molecule has 5 heteroatoms. The van der Waals surface area contributed by atoms with E-state index in [1.807, 2.05) is 18.2 Å². The van der Waals surface area contributed by atoms with Gasteiger partial charge in [-0.15, -0.1) is 0 Å². The summed E-state index contributed by atoms with van der Waals surface area (Å²) in [6.45, 7) is 2.48. The minimum absolute atomic E-state index is 0.0623. The Morgan fingerprint density at radius 2 is 2.37 bits per heavy atom. The molecule has 0 amide bonds. The second-order valence-electron chi connectivity index (χ2n) is 4.71. The van der Waals surface area contributed by atoms with E-state index in [1.165, 1.54) is 0 Å². The fourth-order valence-electron chi connectivity index (χ4n) is 2.78. The number of aromatic nitrogens is 1. The first-order valence-corrected chi connectivity index (χ1v) is 6.31.